The molecule has 1 atom stereocenters. The predicted molar refractivity (Wildman–Crippen MR) is 95.4 cm³/mol. The number of hydrogen-bond donors (Lipinski definition) is 1. The molecular formula is C19H30N2O3. The zero-order chi connectivity index (χ0) is 17.5. The van der Waals surface area contributed by atoms with Crippen molar-refractivity contribution in [1.29, 1.82) is 0 Å². The molecular weight excluding hydrogens is 304 g/mol. The smallest absolute Gasteiger partial charge is 0.220 e. The Labute approximate surface area is 145 Å². The Bertz CT molecular complexity index is 545. The lowest BCUT2D eigenvalue weighted by molar-refractivity contribution is -0.121. The van der Waals surface area contributed by atoms with E-state index in [2.05, 4.69) is 31.0 Å². The van der Waals surface area contributed by atoms with Gasteiger partial charge in [0.2, 0.25) is 5.91 Å². The Morgan fingerprint density at radius 2 is 2.25 bits per heavy atom. The number of methoxy groups -OCH3 is 1. The van der Waals surface area contributed by atoms with E-state index in [-0.39, 0.29) is 12.0 Å². The summed E-state index contributed by atoms with van der Waals surface area (Å²) in [6, 6.07) is 5.97. The fourth-order valence-corrected chi connectivity index (χ4v) is 2.91. The summed E-state index contributed by atoms with van der Waals surface area (Å²) in [5, 5.41) is 3.01. The molecule has 1 aromatic carbocycles. The molecule has 0 spiro atoms. The van der Waals surface area contributed by atoms with Gasteiger partial charge in [-0.2, -0.15) is 0 Å². The summed E-state index contributed by atoms with van der Waals surface area (Å²) in [7, 11) is 1.68. The maximum absolute atomic E-state index is 11.8. The topological polar surface area (TPSA) is 50.8 Å². The molecule has 0 saturated carbocycles. The van der Waals surface area contributed by atoms with E-state index in [0.29, 0.717) is 18.9 Å². The van der Waals surface area contributed by atoms with Gasteiger partial charge in [-0.15, -0.1) is 0 Å². The minimum absolute atomic E-state index is 0.130. The summed E-state index contributed by atoms with van der Waals surface area (Å²) in [5.74, 6) is 2.30. The van der Waals surface area contributed by atoms with E-state index in [0.717, 1.165) is 43.1 Å². The van der Waals surface area contributed by atoms with Crippen LogP contribution < -0.4 is 14.8 Å². The van der Waals surface area contributed by atoms with Crippen molar-refractivity contribution in [2.45, 2.75) is 46.3 Å². The number of nitrogens with one attached hydrogen (secondary N) is 1. The van der Waals surface area contributed by atoms with Crippen LogP contribution in [-0.4, -0.2) is 43.7 Å². The maximum atomic E-state index is 11.8. The molecule has 1 amide bonds. The highest BCUT2D eigenvalue weighted by molar-refractivity contribution is 5.76. The highest BCUT2D eigenvalue weighted by Gasteiger charge is 2.22. The molecule has 2 rings (SSSR count). The summed E-state index contributed by atoms with van der Waals surface area (Å²) >= 11 is 0. The molecule has 1 aliphatic rings. The summed E-state index contributed by atoms with van der Waals surface area (Å²) in [5.41, 5.74) is 1.14. The van der Waals surface area contributed by atoms with E-state index in [1.165, 1.54) is 0 Å². The van der Waals surface area contributed by atoms with Gasteiger partial charge < -0.3 is 14.8 Å². The Balaban J connectivity index is 1.97. The second-order valence-electron chi connectivity index (χ2n) is 6.80. The molecule has 0 aromatic heterocycles. The molecule has 1 N–H and O–H groups in total. The van der Waals surface area contributed by atoms with Crippen LogP contribution in [0.4, 0.5) is 0 Å². The first kappa shape index (κ1) is 18.6. The normalized spacial score (nSPS) is 17.8. The van der Waals surface area contributed by atoms with Crippen LogP contribution in [0.5, 0.6) is 11.5 Å². The van der Waals surface area contributed by atoms with Gasteiger partial charge in [-0.3, -0.25) is 9.69 Å². The third kappa shape index (κ3) is 5.41. The molecule has 1 heterocycles. The Hall–Kier alpha value is -1.75. The summed E-state index contributed by atoms with van der Waals surface area (Å²) in [6.45, 7) is 9.42. The fourth-order valence-electron chi connectivity index (χ4n) is 2.91. The van der Waals surface area contributed by atoms with Crippen LogP contribution in [0, 0.1) is 5.92 Å². The SMILES string of the molecule is CC[C@H]1CN(CCNC(=O)CC(C)C)Cc2cc(OC)ccc2O1. The van der Waals surface area contributed by atoms with E-state index in [9.17, 15) is 4.79 Å². The molecule has 0 unspecified atom stereocenters. The van der Waals surface area contributed by atoms with Crippen molar-refractivity contribution in [2.75, 3.05) is 26.7 Å². The standard InChI is InChI=1S/C19H30N2O3/c1-5-16-13-21(9-8-20-19(22)10-14(2)3)12-15-11-17(23-4)6-7-18(15)24-16/h6-7,11,14,16H,5,8-10,12-13H2,1-4H3,(H,20,22)/t16-/m0/s1. The van der Waals surface area contributed by atoms with Gasteiger partial charge in [-0.05, 0) is 30.5 Å². The minimum atomic E-state index is 0.130. The van der Waals surface area contributed by atoms with Gasteiger partial charge in [0.15, 0.2) is 0 Å². The number of amides is 1. The number of benzene rings is 1. The van der Waals surface area contributed by atoms with Crippen molar-refractivity contribution in [1.82, 2.24) is 10.2 Å². The number of rotatable bonds is 7. The fraction of sp³-hybridized carbons (Fsp3) is 0.632. The van der Waals surface area contributed by atoms with Crippen LogP contribution >= 0.6 is 0 Å². The number of carbonyl (C=O) groups excluding carboxylic acids is 1. The van der Waals surface area contributed by atoms with Crippen LogP contribution in [-0.2, 0) is 11.3 Å². The zero-order valence-corrected chi connectivity index (χ0v) is 15.3. The summed E-state index contributed by atoms with van der Waals surface area (Å²) in [6.07, 6.45) is 1.72. The van der Waals surface area contributed by atoms with Gasteiger partial charge in [-0.1, -0.05) is 20.8 Å². The molecule has 5 nitrogen and oxygen atoms in total. The third-order valence-electron chi connectivity index (χ3n) is 4.22. The molecule has 0 fully saturated rings. The average molecular weight is 334 g/mol. The Morgan fingerprint density at radius 3 is 2.92 bits per heavy atom. The first-order chi connectivity index (χ1) is 11.5. The Kier molecular flexibility index (Phi) is 6.91. The van der Waals surface area contributed by atoms with Crippen molar-refractivity contribution in [3.8, 4) is 11.5 Å². The summed E-state index contributed by atoms with van der Waals surface area (Å²) < 4.78 is 11.5. The zero-order valence-electron chi connectivity index (χ0n) is 15.3. The molecule has 0 saturated heterocycles. The minimum Gasteiger partial charge on any atom is -0.497 e. The molecule has 5 heteroatoms. The molecule has 0 aliphatic carbocycles. The van der Waals surface area contributed by atoms with Gasteiger partial charge in [0.1, 0.15) is 17.6 Å². The van der Waals surface area contributed by atoms with E-state index >= 15 is 0 Å². The lowest BCUT2D eigenvalue weighted by atomic mass is 10.1. The molecule has 0 radical (unpaired) electrons. The lowest BCUT2D eigenvalue weighted by Crippen LogP contribution is -2.38. The monoisotopic (exact) mass is 334 g/mol. The second-order valence-corrected chi connectivity index (χ2v) is 6.80. The van der Waals surface area contributed by atoms with E-state index < -0.39 is 0 Å². The first-order valence-corrected chi connectivity index (χ1v) is 8.84. The van der Waals surface area contributed by atoms with Gasteiger partial charge in [-0.25, -0.2) is 0 Å². The highest BCUT2D eigenvalue weighted by atomic mass is 16.5. The second kappa shape index (κ2) is 8.92. The molecule has 0 bridgehead atoms. The quantitative estimate of drug-likeness (QED) is 0.833. The van der Waals surface area contributed by atoms with Crippen LogP contribution in [0.15, 0.2) is 18.2 Å². The molecule has 24 heavy (non-hydrogen) atoms. The van der Waals surface area contributed by atoms with Gasteiger partial charge >= 0.3 is 0 Å². The van der Waals surface area contributed by atoms with Crippen LogP contribution in [0.1, 0.15) is 39.2 Å². The van der Waals surface area contributed by atoms with Gasteiger partial charge in [0.05, 0.1) is 7.11 Å². The van der Waals surface area contributed by atoms with Crippen LogP contribution in [0.25, 0.3) is 0 Å². The Morgan fingerprint density at radius 1 is 1.46 bits per heavy atom. The number of ether oxygens (including phenoxy) is 2. The van der Waals surface area contributed by atoms with Crippen molar-refractivity contribution >= 4 is 5.91 Å². The molecule has 1 aliphatic heterocycles. The maximum Gasteiger partial charge on any atom is 0.220 e. The van der Waals surface area contributed by atoms with Crippen molar-refractivity contribution in [3.63, 3.8) is 0 Å². The summed E-state index contributed by atoms with van der Waals surface area (Å²) in [4.78, 5) is 14.1. The number of nitrogens with zero attached hydrogens (tertiary/aromatic N) is 1. The van der Waals surface area contributed by atoms with Gasteiger partial charge in [0.25, 0.3) is 0 Å². The number of hydrogen-bond acceptors (Lipinski definition) is 4. The molecule has 134 valence electrons. The average Bonchev–Trinajstić information content (AvgIpc) is 2.71. The van der Waals surface area contributed by atoms with Gasteiger partial charge in [0, 0.05) is 38.2 Å². The number of fused-ring (bicyclic) bond motifs is 1. The first-order valence-electron chi connectivity index (χ1n) is 8.84. The lowest BCUT2D eigenvalue weighted by Gasteiger charge is -2.23. The van der Waals surface area contributed by atoms with E-state index in [1.807, 2.05) is 18.2 Å². The largest absolute Gasteiger partial charge is 0.497 e. The van der Waals surface area contributed by atoms with E-state index in [1.54, 1.807) is 7.11 Å². The van der Waals surface area contributed by atoms with Crippen molar-refractivity contribution in [2.24, 2.45) is 5.92 Å². The van der Waals surface area contributed by atoms with Crippen LogP contribution in [0.2, 0.25) is 0 Å². The molecule has 1 aromatic rings. The predicted octanol–water partition coefficient (Wildman–Crippen LogP) is 2.83. The van der Waals surface area contributed by atoms with E-state index in [4.69, 9.17) is 9.47 Å². The van der Waals surface area contributed by atoms with Crippen molar-refractivity contribution in [3.05, 3.63) is 23.8 Å². The highest BCUT2D eigenvalue weighted by Crippen LogP contribution is 2.29. The van der Waals surface area contributed by atoms with Crippen molar-refractivity contribution < 1.29 is 14.3 Å². The van der Waals surface area contributed by atoms with Crippen LogP contribution in [0.3, 0.4) is 0 Å². The third-order valence-corrected chi connectivity index (χ3v) is 4.22. The number of carbonyl (C=O) groups is 1.